The van der Waals surface area contributed by atoms with Gasteiger partial charge in [-0.15, -0.1) is 0 Å². The Morgan fingerprint density at radius 1 is 0.972 bits per heavy atom. The van der Waals surface area contributed by atoms with Gasteiger partial charge >= 0.3 is 12.1 Å². The van der Waals surface area contributed by atoms with Crippen molar-refractivity contribution in [1.29, 1.82) is 0 Å². The highest BCUT2D eigenvalue weighted by Crippen LogP contribution is 2.43. The van der Waals surface area contributed by atoms with E-state index in [9.17, 15) is 14.4 Å². The predicted molar refractivity (Wildman–Crippen MR) is 142 cm³/mol. The van der Waals surface area contributed by atoms with Crippen molar-refractivity contribution in [3.63, 3.8) is 0 Å². The van der Waals surface area contributed by atoms with Crippen LogP contribution in [0.3, 0.4) is 0 Å². The molecule has 3 aliphatic rings. The van der Waals surface area contributed by atoms with Crippen LogP contribution in [0.2, 0.25) is 0 Å². The number of carbonyl (C=O) groups is 3. The third-order valence-corrected chi connectivity index (χ3v) is 7.20. The number of hydrogen-bond acceptors (Lipinski definition) is 6. The Morgan fingerprint density at radius 2 is 1.56 bits per heavy atom. The molecule has 1 saturated carbocycles. The van der Waals surface area contributed by atoms with Gasteiger partial charge in [0.25, 0.3) is 0 Å². The molecule has 8 heteroatoms. The number of rotatable bonds is 5. The second-order valence-electron chi connectivity index (χ2n) is 12.7. The highest BCUT2D eigenvalue weighted by atomic mass is 16.6. The Labute approximate surface area is 218 Å². The van der Waals surface area contributed by atoms with E-state index >= 15 is 0 Å². The van der Waals surface area contributed by atoms with Gasteiger partial charge in [0.05, 0.1) is 17.9 Å². The Bertz CT molecular complexity index is 722. The normalized spacial score (nSPS) is 20.9. The van der Waals surface area contributed by atoms with Crippen LogP contribution in [0, 0.1) is 17.3 Å². The number of piperidine rings is 2. The first kappa shape index (κ1) is 30.4. The van der Waals surface area contributed by atoms with E-state index in [2.05, 4.69) is 31.4 Å². The average Bonchev–Trinajstić information content (AvgIpc) is 2.75. The summed E-state index contributed by atoms with van der Waals surface area (Å²) in [7, 11) is 0. The predicted octanol–water partition coefficient (Wildman–Crippen LogP) is 4.66. The van der Waals surface area contributed by atoms with Crippen molar-refractivity contribution in [3.05, 3.63) is 0 Å². The van der Waals surface area contributed by atoms with Crippen LogP contribution in [0.5, 0.6) is 0 Å². The number of hydrogen-bond donors (Lipinski definition) is 2. The maximum Gasteiger partial charge on any atom is 0.410 e. The third-order valence-electron chi connectivity index (χ3n) is 7.20. The number of carbonyl (C=O) groups excluding carboxylic acids is 3. The van der Waals surface area contributed by atoms with Crippen molar-refractivity contribution >= 4 is 18.0 Å². The van der Waals surface area contributed by atoms with Crippen LogP contribution in [0.15, 0.2) is 0 Å². The molecular formula is C28H51N3O5. The number of ether oxygens (including phenoxy) is 2. The summed E-state index contributed by atoms with van der Waals surface area (Å²) in [5, 5.41) is 6.60. The van der Waals surface area contributed by atoms with E-state index in [4.69, 9.17) is 9.47 Å². The molecule has 2 aliphatic heterocycles. The van der Waals surface area contributed by atoms with Crippen LogP contribution in [0.25, 0.3) is 0 Å². The molecule has 2 heterocycles. The zero-order valence-electron chi connectivity index (χ0n) is 23.8. The molecule has 36 heavy (non-hydrogen) atoms. The molecule has 3 fully saturated rings. The largest absolute Gasteiger partial charge is 0.466 e. The van der Waals surface area contributed by atoms with Crippen LogP contribution in [0.1, 0.15) is 99.8 Å². The smallest absolute Gasteiger partial charge is 0.410 e. The lowest BCUT2D eigenvalue weighted by Crippen LogP contribution is -2.53. The topological polar surface area (TPSA) is 97.0 Å². The van der Waals surface area contributed by atoms with E-state index in [1.165, 1.54) is 19.3 Å². The number of amides is 2. The van der Waals surface area contributed by atoms with E-state index in [-0.39, 0.29) is 28.9 Å². The van der Waals surface area contributed by atoms with Gasteiger partial charge in [-0.2, -0.15) is 0 Å². The lowest BCUT2D eigenvalue weighted by Gasteiger charge is -2.42. The molecule has 8 nitrogen and oxygen atoms in total. The van der Waals surface area contributed by atoms with Crippen molar-refractivity contribution in [2.75, 3.05) is 32.8 Å². The quantitative estimate of drug-likeness (QED) is 0.523. The first-order valence-electron chi connectivity index (χ1n) is 13.9. The molecule has 0 spiro atoms. The number of nitrogens with zero attached hydrogens (tertiary/aromatic N) is 1. The first-order chi connectivity index (χ1) is 16.7. The van der Waals surface area contributed by atoms with Crippen LogP contribution >= 0.6 is 0 Å². The second-order valence-corrected chi connectivity index (χ2v) is 12.7. The summed E-state index contributed by atoms with van der Waals surface area (Å²) >= 11 is 0. The van der Waals surface area contributed by atoms with Gasteiger partial charge in [0.1, 0.15) is 5.60 Å². The van der Waals surface area contributed by atoms with Gasteiger partial charge < -0.3 is 25.0 Å². The molecule has 0 aromatic rings. The number of nitrogens with one attached hydrogen (secondary N) is 2. The van der Waals surface area contributed by atoms with Gasteiger partial charge in [0.15, 0.2) is 0 Å². The molecule has 2 amide bonds. The molecule has 0 atom stereocenters. The SMILES string of the molecule is CC(C)(C)NC(=O)C1(CC2CCC2)CCNCC1.CCOC(=O)C1CCN(C(=O)OC(C)(C)C)CC1. The summed E-state index contributed by atoms with van der Waals surface area (Å²) in [5.74, 6) is 0.863. The number of esters is 1. The lowest BCUT2D eigenvalue weighted by molar-refractivity contribution is -0.149. The maximum absolute atomic E-state index is 12.7. The van der Waals surface area contributed by atoms with Gasteiger partial charge in [-0.25, -0.2) is 4.79 Å². The van der Waals surface area contributed by atoms with E-state index in [1.54, 1.807) is 11.8 Å². The highest BCUT2D eigenvalue weighted by Gasteiger charge is 2.43. The van der Waals surface area contributed by atoms with Crippen LogP contribution in [-0.2, 0) is 19.1 Å². The van der Waals surface area contributed by atoms with Crippen LogP contribution in [-0.4, -0.2) is 66.8 Å². The standard InChI is InChI=1S/C15H28N2O.C13H23NO4/c1-14(2,3)17-13(18)15(7-9-16-10-8-15)11-12-5-4-6-12;1-5-17-11(15)10-6-8-14(9-7-10)12(16)18-13(2,3)4/h12,16H,4-11H2,1-3H3,(H,17,18);10H,5-9H2,1-4H3. The first-order valence-corrected chi connectivity index (χ1v) is 13.9. The summed E-state index contributed by atoms with van der Waals surface area (Å²) < 4.78 is 10.3. The fourth-order valence-corrected chi connectivity index (χ4v) is 5.04. The summed E-state index contributed by atoms with van der Waals surface area (Å²) in [6.07, 6.45) is 8.14. The molecule has 2 N–H and O–H groups in total. The van der Waals surface area contributed by atoms with Crippen molar-refractivity contribution in [2.45, 2.75) is 111 Å². The Hall–Kier alpha value is -1.83. The minimum Gasteiger partial charge on any atom is -0.466 e. The summed E-state index contributed by atoms with van der Waals surface area (Å²) in [5.41, 5.74) is -0.687. The molecule has 0 aromatic heterocycles. The van der Waals surface area contributed by atoms with Gasteiger partial charge in [-0.05, 0) is 99.6 Å². The van der Waals surface area contributed by atoms with Crippen LogP contribution in [0.4, 0.5) is 4.79 Å². The van der Waals surface area contributed by atoms with Gasteiger partial charge in [0, 0.05) is 18.6 Å². The minimum absolute atomic E-state index is 0.0800. The second kappa shape index (κ2) is 13.1. The van der Waals surface area contributed by atoms with Crippen molar-refractivity contribution in [3.8, 4) is 0 Å². The monoisotopic (exact) mass is 509 g/mol. The zero-order valence-corrected chi connectivity index (χ0v) is 23.8. The van der Waals surface area contributed by atoms with Crippen molar-refractivity contribution < 1.29 is 23.9 Å². The Kier molecular flexibility index (Phi) is 11.1. The highest BCUT2D eigenvalue weighted by molar-refractivity contribution is 5.83. The molecule has 0 bridgehead atoms. The lowest BCUT2D eigenvalue weighted by atomic mass is 9.67. The fourth-order valence-electron chi connectivity index (χ4n) is 5.04. The van der Waals surface area contributed by atoms with Gasteiger partial charge in [-0.1, -0.05) is 19.3 Å². The Morgan fingerprint density at radius 3 is 2.00 bits per heavy atom. The zero-order chi connectivity index (χ0) is 27.0. The van der Waals surface area contributed by atoms with Crippen LogP contribution < -0.4 is 10.6 Å². The minimum atomic E-state index is -0.477. The number of likely N-dealkylation sites (tertiary alicyclic amines) is 1. The molecule has 1 aliphatic carbocycles. The molecule has 0 aromatic carbocycles. The van der Waals surface area contributed by atoms with E-state index in [0.717, 1.165) is 38.3 Å². The van der Waals surface area contributed by atoms with Gasteiger partial charge in [0.2, 0.25) is 5.91 Å². The summed E-state index contributed by atoms with van der Waals surface area (Å²) in [6.45, 7) is 17.0. The third kappa shape index (κ3) is 9.91. The molecular weight excluding hydrogens is 458 g/mol. The summed E-state index contributed by atoms with van der Waals surface area (Å²) in [6, 6.07) is 0. The molecule has 0 radical (unpaired) electrons. The van der Waals surface area contributed by atoms with Crippen molar-refractivity contribution in [1.82, 2.24) is 15.5 Å². The van der Waals surface area contributed by atoms with E-state index < -0.39 is 5.60 Å². The van der Waals surface area contributed by atoms with E-state index in [0.29, 0.717) is 38.4 Å². The Balaban J connectivity index is 0.000000254. The maximum atomic E-state index is 12.7. The molecule has 208 valence electrons. The average molecular weight is 510 g/mol. The molecule has 2 saturated heterocycles. The molecule has 0 unspecified atom stereocenters. The van der Waals surface area contributed by atoms with Gasteiger partial charge in [-0.3, -0.25) is 9.59 Å². The molecule has 3 rings (SSSR count). The summed E-state index contributed by atoms with van der Waals surface area (Å²) in [4.78, 5) is 37.7. The van der Waals surface area contributed by atoms with E-state index in [1.807, 2.05) is 20.8 Å². The fraction of sp³-hybridized carbons (Fsp3) is 0.893. The van der Waals surface area contributed by atoms with Crippen molar-refractivity contribution in [2.24, 2.45) is 17.3 Å².